The van der Waals surface area contributed by atoms with Gasteiger partial charge >= 0.3 is 0 Å². The van der Waals surface area contributed by atoms with Crippen LogP contribution in [0, 0.1) is 13.8 Å². The molecule has 0 atom stereocenters. The van der Waals surface area contributed by atoms with Gasteiger partial charge in [-0.1, -0.05) is 35.5 Å². The lowest BCUT2D eigenvalue weighted by Crippen LogP contribution is -2.05. The monoisotopic (exact) mass is 374 g/mol. The predicted octanol–water partition coefficient (Wildman–Crippen LogP) is 4.20. The molecule has 2 aromatic carbocycles. The van der Waals surface area contributed by atoms with Gasteiger partial charge in [-0.25, -0.2) is 0 Å². The second-order valence-electron chi connectivity index (χ2n) is 6.71. The second-order valence-corrected chi connectivity index (χ2v) is 6.71. The van der Waals surface area contributed by atoms with Gasteiger partial charge in [-0.3, -0.25) is 4.68 Å². The summed E-state index contributed by atoms with van der Waals surface area (Å²) >= 11 is 0. The maximum Gasteiger partial charge on any atom is 0.248 e. The Bertz CT molecular complexity index is 1070. The van der Waals surface area contributed by atoms with Gasteiger partial charge < -0.3 is 9.26 Å². The van der Waals surface area contributed by atoms with Crippen LogP contribution in [0.5, 0.6) is 5.75 Å². The van der Waals surface area contributed by atoms with Gasteiger partial charge in [0.05, 0.1) is 12.8 Å². The third-order valence-electron chi connectivity index (χ3n) is 4.86. The van der Waals surface area contributed by atoms with Crippen LogP contribution in [0.2, 0.25) is 0 Å². The topological polar surface area (TPSA) is 66.0 Å². The van der Waals surface area contributed by atoms with Crippen LogP contribution in [0.3, 0.4) is 0 Å². The van der Waals surface area contributed by atoms with Gasteiger partial charge in [-0.05, 0) is 43.7 Å². The van der Waals surface area contributed by atoms with Crippen LogP contribution in [0.4, 0.5) is 0 Å². The molecule has 0 saturated heterocycles. The van der Waals surface area contributed by atoms with Crippen molar-refractivity contribution in [2.24, 2.45) is 0 Å². The fourth-order valence-electron chi connectivity index (χ4n) is 3.25. The Morgan fingerprint density at radius 2 is 1.75 bits per heavy atom. The first-order valence-corrected chi connectivity index (χ1v) is 9.18. The molecule has 4 rings (SSSR count). The molecule has 2 heterocycles. The first kappa shape index (κ1) is 18.0. The fraction of sp³-hybridized carbons (Fsp3) is 0.227. The summed E-state index contributed by atoms with van der Waals surface area (Å²) in [6.45, 7) is 4.57. The molecule has 0 aliphatic heterocycles. The highest BCUT2D eigenvalue weighted by Gasteiger charge is 2.15. The molecule has 0 N–H and O–H groups in total. The molecule has 6 nitrogen and oxygen atoms in total. The van der Waals surface area contributed by atoms with Crippen LogP contribution >= 0.6 is 0 Å². The van der Waals surface area contributed by atoms with E-state index in [1.165, 1.54) is 11.1 Å². The van der Waals surface area contributed by atoms with E-state index in [2.05, 4.69) is 46.4 Å². The van der Waals surface area contributed by atoms with Crippen LogP contribution in [0.25, 0.3) is 11.4 Å². The zero-order valence-corrected chi connectivity index (χ0v) is 16.2. The normalized spacial score (nSPS) is 11.0. The first-order valence-electron chi connectivity index (χ1n) is 9.18. The Morgan fingerprint density at radius 1 is 1.00 bits per heavy atom. The smallest absolute Gasteiger partial charge is 0.248 e. The van der Waals surface area contributed by atoms with E-state index in [0.717, 1.165) is 29.1 Å². The van der Waals surface area contributed by atoms with E-state index in [-0.39, 0.29) is 0 Å². The largest absolute Gasteiger partial charge is 0.497 e. The summed E-state index contributed by atoms with van der Waals surface area (Å²) in [4.78, 5) is 4.52. The highest BCUT2D eigenvalue weighted by atomic mass is 16.5. The molecule has 0 saturated carbocycles. The SMILES string of the molecule is COc1ccc(-c2noc(Cn3nc(C)c(Cc4ccccc4)c3C)n2)cc1. The third kappa shape index (κ3) is 3.67. The summed E-state index contributed by atoms with van der Waals surface area (Å²) in [7, 11) is 1.64. The van der Waals surface area contributed by atoms with Crippen molar-refractivity contribution in [1.82, 2.24) is 19.9 Å². The quantitative estimate of drug-likeness (QED) is 0.506. The lowest BCUT2D eigenvalue weighted by Gasteiger charge is -2.03. The summed E-state index contributed by atoms with van der Waals surface area (Å²) < 4.78 is 12.6. The van der Waals surface area contributed by atoms with Crippen LogP contribution < -0.4 is 4.74 Å². The van der Waals surface area contributed by atoms with Crippen molar-refractivity contribution < 1.29 is 9.26 Å². The summed E-state index contributed by atoms with van der Waals surface area (Å²) in [6, 6.07) is 18.0. The highest BCUT2D eigenvalue weighted by Crippen LogP contribution is 2.21. The van der Waals surface area contributed by atoms with E-state index in [9.17, 15) is 0 Å². The van der Waals surface area contributed by atoms with Gasteiger partial charge in [-0.2, -0.15) is 10.1 Å². The lowest BCUT2D eigenvalue weighted by atomic mass is 10.0. The lowest BCUT2D eigenvalue weighted by molar-refractivity contribution is 0.364. The predicted molar refractivity (Wildman–Crippen MR) is 106 cm³/mol. The maximum absolute atomic E-state index is 5.45. The van der Waals surface area contributed by atoms with Gasteiger partial charge in [0.2, 0.25) is 11.7 Å². The average molecular weight is 374 g/mol. The fourth-order valence-corrected chi connectivity index (χ4v) is 3.25. The van der Waals surface area contributed by atoms with Crippen LogP contribution in [0.1, 0.15) is 28.4 Å². The molecular formula is C22H22N4O2. The van der Waals surface area contributed by atoms with Gasteiger partial charge in [0.1, 0.15) is 12.3 Å². The van der Waals surface area contributed by atoms with E-state index in [4.69, 9.17) is 9.26 Å². The number of aryl methyl sites for hydroxylation is 1. The summed E-state index contributed by atoms with van der Waals surface area (Å²) in [5.74, 6) is 1.88. The molecule has 0 spiro atoms. The summed E-state index contributed by atoms with van der Waals surface area (Å²) in [5.41, 5.74) is 5.53. The molecule has 0 unspecified atom stereocenters. The number of hydrogen-bond donors (Lipinski definition) is 0. The molecule has 0 radical (unpaired) electrons. The van der Waals surface area contributed by atoms with Crippen molar-refractivity contribution in [1.29, 1.82) is 0 Å². The standard InChI is InChI=1S/C22H22N4O2/c1-15-20(13-17-7-5-4-6-8-17)16(2)26(24-15)14-21-23-22(25-28-21)18-9-11-19(27-3)12-10-18/h4-12H,13-14H2,1-3H3. The Hall–Kier alpha value is -3.41. The number of hydrogen-bond acceptors (Lipinski definition) is 5. The number of ether oxygens (including phenoxy) is 1. The second kappa shape index (κ2) is 7.68. The van der Waals surface area contributed by atoms with Gasteiger partial charge in [0, 0.05) is 23.2 Å². The van der Waals surface area contributed by atoms with Crippen LogP contribution in [0.15, 0.2) is 59.1 Å². The van der Waals surface area contributed by atoms with Crippen molar-refractivity contribution in [2.45, 2.75) is 26.8 Å². The van der Waals surface area contributed by atoms with Crippen LogP contribution in [-0.2, 0) is 13.0 Å². The van der Waals surface area contributed by atoms with Gasteiger partial charge in [-0.15, -0.1) is 0 Å². The van der Waals surface area contributed by atoms with Gasteiger partial charge in [0.15, 0.2) is 0 Å². The number of aromatic nitrogens is 4. The van der Waals surface area contributed by atoms with Gasteiger partial charge in [0.25, 0.3) is 0 Å². The first-order chi connectivity index (χ1) is 13.6. The molecule has 0 bridgehead atoms. The number of rotatable bonds is 6. The Balaban J connectivity index is 1.53. The molecule has 0 amide bonds. The molecule has 0 aliphatic rings. The molecule has 4 aromatic rings. The molecular weight excluding hydrogens is 352 g/mol. The average Bonchev–Trinajstić information content (AvgIpc) is 3.29. The Morgan fingerprint density at radius 3 is 2.46 bits per heavy atom. The molecule has 0 aliphatic carbocycles. The van der Waals surface area contributed by atoms with Crippen molar-refractivity contribution in [3.05, 3.63) is 83.0 Å². The van der Waals surface area contributed by atoms with Crippen molar-refractivity contribution in [3.63, 3.8) is 0 Å². The number of nitrogens with zero attached hydrogens (tertiary/aromatic N) is 4. The minimum absolute atomic E-state index is 0.449. The van der Waals surface area contributed by atoms with E-state index in [0.29, 0.717) is 18.3 Å². The molecule has 0 fully saturated rings. The Kier molecular flexibility index (Phi) is 4.93. The molecule has 6 heteroatoms. The zero-order valence-electron chi connectivity index (χ0n) is 16.2. The summed E-state index contributed by atoms with van der Waals surface area (Å²) in [6.07, 6.45) is 0.861. The minimum Gasteiger partial charge on any atom is -0.497 e. The number of methoxy groups -OCH3 is 1. The Labute approximate surface area is 163 Å². The van der Waals surface area contributed by atoms with Crippen molar-refractivity contribution in [3.8, 4) is 17.1 Å². The van der Waals surface area contributed by atoms with Crippen LogP contribution in [-0.4, -0.2) is 27.0 Å². The third-order valence-corrected chi connectivity index (χ3v) is 4.86. The van der Waals surface area contributed by atoms with Crippen molar-refractivity contribution >= 4 is 0 Å². The summed E-state index contributed by atoms with van der Waals surface area (Å²) in [5, 5.41) is 8.78. The van der Waals surface area contributed by atoms with E-state index >= 15 is 0 Å². The van der Waals surface area contributed by atoms with E-state index in [1.54, 1.807) is 7.11 Å². The number of benzene rings is 2. The van der Waals surface area contributed by atoms with E-state index < -0.39 is 0 Å². The highest BCUT2D eigenvalue weighted by molar-refractivity contribution is 5.55. The van der Waals surface area contributed by atoms with E-state index in [1.807, 2.05) is 41.9 Å². The molecule has 142 valence electrons. The maximum atomic E-state index is 5.45. The molecule has 28 heavy (non-hydrogen) atoms. The minimum atomic E-state index is 0.449. The molecule has 2 aromatic heterocycles. The zero-order chi connectivity index (χ0) is 19.5. The van der Waals surface area contributed by atoms with Crippen molar-refractivity contribution in [2.75, 3.05) is 7.11 Å².